The van der Waals surface area contributed by atoms with Gasteiger partial charge in [-0.25, -0.2) is 0 Å². The Hall–Kier alpha value is -4.04. The van der Waals surface area contributed by atoms with E-state index in [1.54, 1.807) is 0 Å². The van der Waals surface area contributed by atoms with Gasteiger partial charge in [0, 0.05) is 21.5 Å². The van der Waals surface area contributed by atoms with E-state index in [9.17, 15) is 0 Å². The molecule has 6 aromatic carbocycles. The molecule has 140 valence electrons. The van der Waals surface area contributed by atoms with Crippen LogP contribution in [-0.4, -0.2) is 0 Å². The van der Waals surface area contributed by atoms with Crippen molar-refractivity contribution in [3.05, 3.63) is 109 Å². The number of hydrogen-bond acceptors (Lipinski definition) is 2. The van der Waals surface area contributed by atoms with Crippen LogP contribution in [0.2, 0.25) is 0 Å². The maximum atomic E-state index is 4.86. The second kappa shape index (κ2) is 6.78. The van der Waals surface area contributed by atoms with Crippen LogP contribution < -0.4 is 0 Å². The summed E-state index contributed by atoms with van der Waals surface area (Å²) in [6, 6.07) is 38.0. The molecule has 0 aromatic heterocycles. The van der Waals surface area contributed by atoms with Crippen LogP contribution >= 0.6 is 0 Å². The molecule has 0 aliphatic rings. The molecule has 0 atom stereocenters. The van der Waals surface area contributed by atoms with Crippen LogP contribution in [0.25, 0.3) is 43.1 Å². The lowest BCUT2D eigenvalue weighted by atomic mass is 10.0. The molecule has 0 saturated carbocycles. The van der Waals surface area contributed by atoms with Crippen LogP contribution in [0.5, 0.6) is 0 Å². The molecular formula is C28H18N2. The van der Waals surface area contributed by atoms with Gasteiger partial charge in [0.2, 0.25) is 0 Å². The van der Waals surface area contributed by atoms with Crippen LogP contribution in [0, 0.1) is 0 Å². The minimum Gasteiger partial charge on any atom is -0.149 e. The Labute approximate surface area is 174 Å². The molecular weight excluding hydrogens is 364 g/mol. The van der Waals surface area contributed by atoms with Gasteiger partial charge in [0.1, 0.15) is 11.4 Å². The Balaban J connectivity index is 1.67. The highest BCUT2D eigenvalue weighted by Crippen LogP contribution is 2.39. The quantitative estimate of drug-likeness (QED) is 0.211. The van der Waals surface area contributed by atoms with Crippen molar-refractivity contribution in [3.63, 3.8) is 0 Å². The summed E-state index contributed by atoms with van der Waals surface area (Å²) >= 11 is 0. The minimum atomic E-state index is 0.917. The predicted octanol–water partition coefficient (Wildman–Crippen LogP) is 8.71. The van der Waals surface area contributed by atoms with Crippen molar-refractivity contribution in [2.75, 3.05) is 0 Å². The van der Waals surface area contributed by atoms with Crippen molar-refractivity contribution in [2.45, 2.75) is 0 Å². The SMILES string of the molecule is c1ccc2c(N=Nc3c4ccccc4cc4ccccc34)c3ccccc3cc2c1. The van der Waals surface area contributed by atoms with Gasteiger partial charge in [-0.15, -0.1) is 10.2 Å². The number of benzene rings is 6. The Morgan fingerprint density at radius 3 is 0.900 bits per heavy atom. The molecule has 0 bridgehead atoms. The van der Waals surface area contributed by atoms with Crippen molar-refractivity contribution in [2.24, 2.45) is 10.2 Å². The summed E-state index contributed by atoms with van der Waals surface area (Å²) in [6.45, 7) is 0. The number of rotatable bonds is 2. The highest BCUT2D eigenvalue weighted by atomic mass is 15.1. The normalized spacial score (nSPS) is 11.9. The van der Waals surface area contributed by atoms with E-state index < -0.39 is 0 Å². The van der Waals surface area contributed by atoms with Crippen molar-refractivity contribution in [3.8, 4) is 0 Å². The first kappa shape index (κ1) is 16.9. The summed E-state index contributed by atoms with van der Waals surface area (Å²) in [6.07, 6.45) is 0. The molecule has 30 heavy (non-hydrogen) atoms. The molecule has 0 saturated heterocycles. The van der Waals surface area contributed by atoms with Crippen LogP contribution in [-0.2, 0) is 0 Å². The van der Waals surface area contributed by atoms with Crippen molar-refractivity contribution >= 4 is 54.5 Å². The molecule has 6 aromatic rings. The molecule has 0 unspecified atom stereocenters. The van der Waals surface area contributed by atoms with Gasteiger partial charge in [-0.3, -0.25) is 0 Å². The third-order valence-corrected chi connectivity index (χ3v) is 5.74. The molecule has 0 aliphatic heterocycles. The zero-order valence-electron chi connectivity index (χ0n) is 16.3. The number of azo groups is 1. The van der Waals surface area contributed by atoms with E-state index in [0.29, 0.717) is 0 Å². The number of hydrogen-bond donors (Lipinski definition) is 0. The van der Waals surface area contributed by atoms with E-state index in [0.717, 1.165) is 32.9 Å². The maximum Gasteiger partial charge on any atom is 0.101 e. The first-order valence-corrected chi connectivity index (χ1v) is 10.1. The second-order valence-electron chi connectivity index (χ2n) is 7.53. The van der Waals surface area contributed by atoms with E-state index >= 15 is 0 Å². The Kier molecular flexibility index (Phi) is 3.82. The van der Waals surface area contributed by atoms with Crippen LogP contribution in [0.4, 0.5) is 11.4 Å². The van der Waals surface area contributed by atoms with Gasteiger partial charge < -0.3 is 0 Å². The van der Waals surface area contributed by atoms with E-state index in [4.69, 9.17) is 10.2 Å². The fourth-order valence-corrected chi connectivity index (χ4v) is 4.29. The lowest BCUT2D eigenvalue weighted by Crippen LogP contribution is -1.80. The first-order chi connectivity index (χ1) is 14.9. The summed E-state index contributed by atoms with van der Waals surface area (Å²) in [5.74, 6) is 0. The number of nitrogens with zero attached hydrogens (tertiary/aromatic N) is 2. The summed E-state index contributed by atoms with van der Waals surface area (Å²) < 4.78 is 0. The lowest BCUT2D eigenvalue weighted by Gasteiger charge is -2.09. The van der Waals surface area contributed by atoms with E-state index in [2.05, 4.69) is 109 Å². The molecule has 0 aliphatic carbocycles. The fourth-order valence-electron chi connectivity index (χ4n) is 4.29. The summed E-state index contributed by atoms with van der Waals surface area (Å²) in [7, 11) is 0. The molecule has 2 heteroatoms. The highest BCUT2D eigenvalue weighted by Gasteiger charge is 2.09. The summed E-state index contributed by atoms with van der Waals surface area (Å²) in [5.41, 5.74) is 1.83. The zero-order chi connectivity index (χ0) is 19.9. The van der Waals surface area contributed by atoms with Crippen molar-refractivity contribution in [1.29, 1.82) is 0 Å². The summed E-state index contributed by atoms with van der Waals surface area (Å²) in [4.78, 5) is 0. The first-order valence-electron chi connectivity index (χ1n) is 10.1. The third-order valence-electron chi connectivity index (χ3n) is 5.74. The molecule has 0 amide bonds. The van der Waals surface area contributed by atoms with Crippen molar-refractivity contribution in [1.82, 2.24) is 0 Å². The summed E-state index contributed by atoms with van der Waals surface area (Å²) in [5, 5.41) is 18.9. The van der Waals surface area contributed by atoms with Crippen molar-refractivity contribution < 1.29 is 0 Å². The molecule has 0 spiro atoms. The third kappa shape index (κ3) is 2.66. The Morgan fingerprint density at radius 1 is 0.333 bits per heavy atom. The van der Waals surface area contributed by atoms with Gasteiger partial charge in [-0.2, -0.15) is 0 Å². The van der Waals surface area contributed by atoms with Gasteiger partial charge in [-0.1, -0.05) is 97.1 Å². The largest absolute Gasteiger partial charge is 0.149 e. The molecule has 0 heterocycles. The monoisotopic (exact) mass is 382 g/mol. The predicted molar refractivity (Wildman–Crippen MR) is 127 cm³/mol. The molecule has 6 rings (SSSR count). The zero-order valence-corrected chi connectivity index (χ0v) is 16.3. The topological polar surface area (TPSA) is 24.7 Å². The molecule has 0 N–H and O–H groups in total. The second-order valence-corrected chi connectivity index (χ2v) is 7.53. The molecule has 0 fully saturated rings. The average molecular weight is 382 g/mol. The maximum absolute atomic E-state index is 4.86. The average Bonchev–Trinajstić information content (AvgIpc) is 2.81. The molecule has 2 nitrogen and oxygen atoms in total. The van der Waals surface area contributed by atoms with Crippen LogP contribution in [0.1, 0.15) is 0 Å². The van der Waals surface area contributed by atoms with E-state index in [1.165, 1.54) is 21.5 Å². The Bertz CT molecular complexity index is 1370. The highest BCUT2D eigenvalue weighted by molar-refractivity contribution is 6.11. The van der Waals surface area contributed by atoms with Gasteiger partial charge in [-0.05, 0) is 33.7 Å². The van der Waals surface area contributed by atoms with Crippen LogP contribution in [0.3, 0.4) is 0 Å². The van der Waals surface area contributed by atoms with E-state index in [1.807, 2.05) is 0 Å². The minimum absolute atomic E-state index is 0.917. The fraction of sp³-hybridized carbons (Fsp3) is 0. The van der Waals surface area contributed by atoms with Crippen LogP contribution in [0.15, 0.2) is 119 Å². The smallest absolute Gasteiger partial charge is 0.101 e. The van der Waals surface area contributed by atoms with E-state index in [-0.39, 0.29) is 0 Å². The van der Waals surface area contributed by atoms with Gasteiger partial charge in [0.15, 0.2) is 0 Å². The van der Waals surface area contributed by atoms with Gasteiger partial charge >= 0.3 is 0 Å². The van der Waals surface area contributed by atoms with Gasteiger partial charge in [0.25, 0.3) is 0 Å². The molecule has 0 radical (unpaired) electrons. The number of fused-ring (bicyclic) bond motifs is 4. The standard InChI is InChI=1S/C28H18N2/c1-5-13-23-19(9-1)17-20-10-2-6-14-24(20)27(23)29-30-28-25-15-7-3-11-21(25)18-22-12-4-8-16-26(22)28/h1-18H. The Morgan fingerprint density at radius 2 is 0.600 bits per heavy atom. The van der Waals surface area contributed by atoms with Gasteiger partial charge in [0.05, 0.1) is 0 Å². The lowest BCUT2D eigenvalue weighted by molar-refractivity contribution is 1.27.